The number of benzene rings is 2. The van der Waals surface area contributed by atoms with Crippen molar-refractivity contribution in [2.75, 3.05) is 0 Å². The van der Waals surface area contributed by atoms with Crippen LogP contribution >= 0.6 is 0 Å². The molecular formula is C15H9FO3. The Morgan fingerprint density at radius 2 is 1.84 bits per heavy atom. The molecule has 1 aromatic heterocycles. The lowest BCUT2D eigenvalue weighted by molar-refractivity contribution is 0.432. The van der Waals surface area contributed by atoms with Crippen molar-refractivity contribution >= 4 is 11.0 Å². The van der Waals surface area contributed by atoms with Gasteiger partial charge in [0.2, 0.25) is 0 Å². The molecule has 0 bridgehead atoms. The van der Waals surface area contributed by atoms with Gasteiger partial charge in [-0.25, -0.2) is 4.39 Å². The molecule has 0 saturated heterocycles. The van der Waals surface area contributed by atoms with Gasteiger partial charge in [-0.05, 0) is 30.3 Å². The summed E-state index contributed by atoms with van der Waals surface area (Å²) in [6, 6.07) is 12.0. The summed E-state index contributed by atoms with van der Waals surface area (Å²) in [4.78, 5) is 11.9. The Balaban J connectivity index is 2.25. The Morgan fingerprint density at radius 1 is 1.05 bits per heavy atom. The van der Waals surface area contributed by atoms with Gasteiger partial charge in [-0.2, -0.15) is 0 Å². The zero-order valence-corrected chi connectivity index (χ0v) is 9.76. The van der Waals surface area contributed by atoms with Gasteiger partial charge in [0, 0.05) is 11.6 Å². The summed E-state index contributed by atoms with van der Waals surface area (Å²) in [5.41, 5.74) is 0.655. The third kappa shape index (κ3) is 1.97. The van der Waals surface area contributed by atoms with E-state index in [0.29, 0.717) is 16.5 Å². The minimum atomic E-state index is -0.756. The third-order valence-electron chi connectivity index (χ3n) is 2.87. The minimum Gasteiger partial charge on any atom is -0.505 e. The van der Waals surface area contributed by atoms with Gasteiger partial charge in [-0.15, -0.1) is 0 Å². The van der Waals surface area contributed by atoms with Crippen LogP contribution in [0.5, 0.6) is 5.75 Å². The normalized spacial score (nSPS) is 10.8. The van der Waals surface area contributed by atoms with Crippen LogP contribution in [0.4, 0.5) is 4.39 Å². The van der Waals surface area contributed by atoms with E-state index in [4.69, 9.17) is 9.52 Å². The van der Waals surface area contributed by atoms with E-state index in [2.05, 4.69) is 0 Å². The lowest BCUT2D eigenvalue weighted by Gasteiger charge is -2.04. The topological polar surface area (TPSA) is 50.4 Å². The summed E-state index contributed by atoms with van der Waals surface area (Å²) in [5, 5.41) is 9.63. The lowest BCUT2D eigenvalue weighted by atomic mass is 10.1. The predicted octanol–water partition coefficient (Wildman–Crippen LogP) is 3.30. The Kier molecular flexibility index (Phi) is 2.56. The van der Waals surface area contributed by atoms with Crippen molar-refractivity contribution in [1.29, 1.82) is 0 Å². The maximum Gasteiger partial charge on any atom is 0.193 e. The number of phenolic OH excluding ortho intramolecular Hbond substituents is 1. The van der Waals surface area contributed by atoms with Gasteiger partial charge in [-0.1, -0.05) is 12.1 Å². The van der Waals surface area contributed by atoms with Crippen molar-refractivity contribution in [1.82, 2.24) is 0 Å². The number of fused-ring (bicyclic) bond motifs is 1. The molecule has 0 unspecified atom stereocenters. The molecule has 19 heavy (non-hydrogen) atoms. The largest absolute Gasteiger partial charge is 0.505 e. The number of para-hydroxylation sites is 1. The van der Waals surface area contributed by atoms with E-state index in [1.54, 1.807) is 24.3 Å². The molecule has 3 nitrogen and oxygen atoms in total. The van der Waals surface area contributed by atoms with Gasteiger partial charge in [0.25, 0.3) is 0 Å². The van der Waals surface area contributed by atoms with Crippen molar-refractivity contribution < 1.29 is 13.9 Å². The summed E-state index contributed by atoms with van der Waals surface area (Å²) >= 11 is 0. The second-order valence-corrected chi connectivity index (χ2v) is 4.14. The Morgan fingerprint density at radius 3 is 2.63 bits per heavy atom. The molecule has 0 aliphatic carbocycles. The number of hydrogen-bond acceptors (Lipinski definition) is 3. The zero-order chi connectivity index (χ0) is 13.4. The molecule has 4 heteroatoms. The predicted molar refractivity (Wildman–Crippen MR) is 69.5 cm³/mol. The van der Waals surface area contributed by atoms with Crippen LogP contribution in [-0.2, 0) is 0 Å². The van der Waals surface area contributed by atoms with Gasteiger partial charge < -0.3 is 9.52 Å². The van der Waals surface area contributed by atoms with E-state index >= 15 is 0 Å². The van der Waals surface area contributed by atoms with E-state index in [1.807, 2.05) is 0 Å². The summed E-state index contributed by atoms with van der Waals surface area (Å²) in [7, 11) is 0. The van der Waals surface area contributed by atoms with E-state index in [1.165, 1.54) is 18.2 Å². The molecule has 0 atom stereocenters. The molecule has 2 aromatic carbocycles. The minimum absolute atomic E-state index is 0.190. The first-order valence-corrected chi connectivity index (χ1v) is 5.67. The van der Waals surface area contributed by atoms with Crippen LogP contribution in [0.15, 0.2) is 57.7 Å². The molecule has 0 fully saturated rings. The van der Waals surface area contributed by atoms with E-state index in [9.17, 15) is 9.18 Å². The van der Waals surface area contributed by atoms with Gasteiger partial charge in [-0.3, -0.25) is 4.79 Å². The second kappa shape index (κ2) is 4.24. The van der Waals surface area contributed by atoms with Crippen LogP contribution in [0, 0.1) is 5.82 Å². The maximum absolute atomic E-state index is 13.3. The lowest BCUT2D eigenvalue weighted by Crippen LogP contribution is -1.99. The molecular weight excluding hydrogens is 247 g/mol. The zero-order valence-electron chi connectivity index (χ0n) is 9.76. The van der Waals surface area contributed by atoms with Crippen molar-refractivity contribution in [3.63, 3.8) is 0 Å². The van der Waals surface area contributed by atoms with E-state index in [-0.39, 0.29) is 11.2 Å². The molecule has 0 aliphatic heterocycles. The first-order chi connectivity index (χ1) is 9.15. The smallest absolute Gasteiger partial charge is 0.193 e. The molecule has 0 amide bonds. The van der Waals surface area contributed by atoms with E-state index < -0.39 is 11.6 Å². The molecule has 0 saturated carbocycles. The van der Waals surface area contributed by atoms with E-state index in [0.717, 1.165) is 6.07 Å². The monoisotopic (exact) mass is 256 g/mol. The van der Waals surface area contributed by atoms with Crippen molar-refractivity contribution in [2.24, 2.45) is 0 Å². The number of halogens is 1. The fraction of sp³-hybridized carbons (Fsp3) is 0. The Bertz CT molecular complexity index is 821. The average Bonchev–Trinajstić information content (AvgIpc) is 2.42. The molecule has 1 heterocycles. The highest BCUT2D eigenvalue weighted by atomic mass is 19.1. The fourth-order valence-corrected chi connectivity index (χ4v) is 1.91. The molecule has 3 rings (SSSR count). The highest BCUT2D eigenvalue weighted by Crippen LogP contribution is 2.26. The molecule has 3 aromatic rings. The number of hydrogen-bond donors (Lipinski definition) is 1. The fourth-order valence-electron chi connectivity index (χ4n) is 1.91. The first kappa shape index (κ1) is 11.5. The standard InChI is InChI=1S/C15H9FO3/c16-11-7-9(5-6-12(11)17)15-8-13(18)10-3-1-2-4-14(10)19-15/h1-8,17H. The van der Waals surface area contributed by atoms with Crippen LogP contribution in [0.2, 0.25) is 0 Å². The van der Waals surface area contributed by atoms with Crippen LogP contribution in [0.25, 0.3) is 22.3 Å². The molecule has 0 spiro atoms. The first-order valence-electron chi connectivity index (χ1n) is 5.67. The number of phenols is 1. The maximum atomic E-state index is 13.3. The van der Waals surface area contributed by atoms with Crippen LogP contribution in [-0.4, -0.2) is 5.11 Å². The van der Waals surface area contributed by atoms with Crippen molar-refractivity contribution in [3.8, 4) is 17.1 Å². The van der Waals surface area contributed by atoms with Gasteiger partial charge in [0.05, 0.1) is 5.39 Å². The summed E-state index contributed by atoms with van der Waals surface area (Å²) in [5.74, 6) is -0.928. The summed E-state index contributed by atoms with van der Waals surface area (Å²) in [6.07, 6.45) is 0. The van der Waals surface area contributed by atoms with Gasteiger partial charge in [0.1, 0.15) is 11.3 Å². The quantitative estimate of drug-likeness (QED) is 0.726. The molecule has 1 N–H and O–H groups in total. The Labute approximate surface area is 107 Å². The molecule has 0 radical (unpaired) electrons. The average molecular weight is 256 g/mol. The number of aromatic hydroxyl groups is 1. The molecule has 94 valence electrons. The van der Waals surface area contributed by atoms with Crippen molar-refractivity contribution in [2.45, 2.75) is 0 Å². The Hall–Kier alpha value is -2.62. The number of rotatable bonds is 1. The van der Waals surface area contributed by atoms with Gasteiger partial charge in [0.15, 0.2) is 17.0 Å². The van der Waals surface area contributed by atoms with Crippen LogP contribution in [0.1, 0.15) is 0 Å². The summed E-state index contributed by atoms with van der Waals surface area (Å²) in [6.45, 7) is 0. The SMILES string of the molecule is O=c1cc(-c2ccc(O)c(F)c2)oc2ccccc12. The summed E-state index contributed by atoms with van der Waals surface area (Å²) < 4.78 is 18.9. The van der Waals surface area contributed by atoms with Crippen LogP contribution in [0.3, 0.4) is 0 Å². The molecule has 0 aliphatic rings. The van der Waals surface area contributed by atoms with Crippen molar-refractivity contribution in [3.05, 3.63) is 64.6 Å². The highest BCUT2D eigenvalue weighted by Gasteiger charge is 2.09. The third-order valence-corrected chi connectivity index (χ3v) is 2.87. The second-order valence-electron chi connectivity index (χ2n) is 4.14. The van der Waals surface area contributed by atoms with Crippen LogP contribution < -0.4 is 5.43 Å². The van der Waals surface area contributed by atoms with Gasteiger partial charge >= 0.3 is 0 Å². The highest BCUT2D eigenvalue weighted by molar-refractivity contribution is 5.78.